The summed E-state index contributed by atoms with van der Waals surface area (Å²) in [6.07, 6.45) is -0.0475. The lowest BCUT2D eigenvalue weighted by Crippen LogP contribution is -2.34. The molecule has 0 saturated carbocycles. The van der Waals surface area contributed by atoms with Gasteiger partial charge in [-0.15, -0.1) is 0 Å². The zero-order chi connectivity index (χ0) is 20.4. The van der Waals surface area contributed by atoms with Crippen LogP contribution in [0, 0.1) is 5.82 Å². The third kappa shape index (κ3) is 3.75. The zero-order valence-corrected chi connectivity index (χ0v) is 15.1. The number of aromatic nitrogens is 2. The highest BCUT2D eigenvalue weighted by atomic mass is 19.1. The SMILES string of the molecule is O=C(CCN1C(=O)c2ccccc2C1=O)NCc1noc(-c2ccc(F)cc2)n1. The molecule has 2 aromatic carbocycles. The molecule has 3 amide bonds. The largest absolute Gasteiger partial charge is 0.349 e. The molecule has 2 heterocycles. The van der Waals surface area contributed by atoms with E-state index in [1.165, 1.54) is 24.3 Å². The standard InChI is InChI=1S/C20H15FN4O4/c21-13-7-5-12(6-8-13)18-23-16(24-29-18)11-22-17(26)9-10-25-19(27)14-3-1-2-4-15(14)20(25)28/h1-8H,9-11H2,(H,22,26). The smallest absolute Gasteiger partial charge is 0.261 e. The second kappa shape index (κ2) is 7.63. The Bertz CT molecular complexity index is 1060. The van der Waals surface area contributed by atoms with Crippen LogP contribution in [0.25, 0.3) is 11.5 Å². The van der Waals surface area contributed by atoms with E-state index in [0.29, 0.717) is 16.7 Å². The minimum Gasteiger partial charge on any atom is -0.349 e. The van der Waals surface area contributed by atoms with E-state index in [1.807, 2.05) is 0 Å². The molecule has 146 valence electrons. The average molecular weight is 394 g/mol. The van der Waals surface area contributed by atoms with Crippen molar-refractivity contribution in [3.63, 3.8) is 0 Å². The van der Waals surface area contributed by atoms with Gasteiger partial charge in [0.25, 0.3) is 17.7 Å². The first-order chi connectivity index (χ1) is 14.0. The van der Waals surface area contributed by atoms with Gasteiger partial charge in [0.1, 0.15) is 5.82 Å². The fourth-order valence-electron chi connectivity index (χ4n) is 2.96. The van der Waals surface area contributed by atoms with Crippen LogP contribution < -0.4 is 5.32 Å². The number of carbonyl (C=O) groups excluding carboxylic acids is 3. The summed E-state index contributed by atoms with van der Waals surface area (Å²) < 4.78 is 18.1. The molecule has 29 heavy (non-hydrogen) atoms. The number of imide groups is 1. The van der Waals surface area contributed by atoms with Gasteiger partial charge < -0.3 is 9.84 Å². The van der Waals surface area contributed by atoms with E-state index in [9.17, 15) is 18.8 Å². The average Bonchev–Trinajstić information content (AvgIpc) is 3.30. The van der Waals surface area contributed by atoms with Gasteiger partial charge >= 0.3 is 0 Å². The zero-order valence-electron chi connectivity index (χ0n) is 15.1. The lowest BCUT2D eigenvalue weighted by molar-refractivity contribution is -0.121. The molecule has 4 rings (SSSR count). The van der Waals surface area contributed by atoms with Crippen molar-refractivity contribution >= 4 is 17.7 Å². The number of hydrogen-bond donors (Lipinski definition) is 1. The Labute approximate surface area is 164 Å². The first kappa shape index (κ1) is 18.5. The molecule has 0 spiro atoms. The summed E-state index contributed by atoms with van der Waals surface area (Å²) in [6, 6.07) is 12.1. The van der Waals surface area contributed by atoms with Gasteiger partial charge in [0.2, 0.25) is 5.91 Å². The third-order valence-corrected chi connectivity index (χ3v) is 4.44. The molecule has 0 unspecified atom stereocenters. The van der Waals surface area contributed by atoms with Crippen LogP contribution in [-0.2, 0) is 11.3 Å². The van der Waals surface area contributed by atoms with E-state index >= 15 is 0 Å². The van der Waals surface area contributed by atoms with Crippen molar-refractivity contribution < 1.29 is 23.3 Å². The maximum atomic E-state index is 13.0. The van der Waals surface area contributed by atoms with Gasteiger partial charge in [0, 0.05) is 18.5 Å². The van der Waals surface area contributed by atoms with Crippen LogP contribution in [0.3, 0.4) is 0 Å². The lowest BCUT2D eigenvalue weighted by Gasteiger charge is -2.13. The lowest BCUT2D eigenvalue weighted by atomic mass is 10.1. The monoisotopic (exact) mass is 394 g/mol. The molecule has 0 radical (unpaired) electrons. The molecule has 0 aliphatic carbocycles. The van der Waals surface area contributed by atoms with E-state index < -0.39 is 11.8 Å². The van der Waals surface area contributed by atoms with Crippen LogP contribution in [0.15, 0.2) is 53.1 Å². The van der Waals surface area contributed by atoms with E-state index in [2.05, 4.69) is 15.5 Å². The van der Waals surface area contributed by atoms with E-state index in [1.54, 1.807) is 24.3 Å². The summed E-state index contributed by atoms with van der Waals surface area (Å²) in [5.41, 5.74) is 1.25. The molecule has 0 atom stereocenters. The molecule has 9 heteroatoms. The highest BCUT2D eigenvalue weighted by Gasteiger charge is 2.34. The van der Waals surface area contributed by atoms with Crippen LogP contribution in [0.1, 0.15) is 33.0 Å². The van der Waals surface area contributed by atoms with E-state index in [-0.39, 0.29) is 42.9 Å². The fourth-order valence-corrected chi connectivity index (χ4v) is 2.96. The van der Waals surface area contributed by atoms with Crippen molar-refractivity contribution in [1.82, 2.24) is 20.4 Å². The molecular formula is C20H15FN4O4. The number of carbonyl (C=O) groups is 3. The number of fused-ring (bicyclic) bond motifs is 1. The number of amides is 3. The van der Waals surface area contributed by atoms with Gasteiger partial charge in [0.15, 0.2) is 5.82 Å². The Morgan fingerprint density at radius 3 is 2.34 bits per heavy atom. The predicted molar refractivity (Wildman–Crippen MR) is 98.0 cm³/mol. The minimum absolute atomic E-state index is 0.0195. The van der Waals surface area contributed by atoms with Crippen LogP contribution in [-0.4, -0.2) is 39.3 Å². The van der Waals surface area contributed by atoms with Gasteiger partial charge in [0.05, 0.1) is 17.7 Å². The van der Waals surface area contributed by atoms with Gasteiger partial charge in [-0.3, -0.25) is 19.3 Å². The van der Waals surface area contributed by atoms with Gasteiger partial charge in [-0.2, -0.15) is 4.98 Å². The fraction of sp³-hybridized carbons (Fsp3) is 0.150. The number of nitrogens with one attached hydrogen (secondary N) is 1. The Balaban J connectivity index is 1.30. The third-order valence-electron chi connectivity index (χ3n) is 4.44. The Morgan fingerprint density at radius 1 is 1.03 bits per heavy atom. The summed E-state index contributed by atoms with van der Waals surface area (Å²) in [5.74, 6) is -1.09. The summed E-state index contributed by atoms with van der Waals surface area (Å²) >= 11 is 0. The summed E-state index contributed by atoms with van der Waals surface area (Å²) in [4.78, 5) is 41.8. The second-order valence-corrected chi connectivity index (χ2v) is 6.36. The molecule has 0 bridgehead atoms. The minimum atomic E-state index is -0.402. The highest BCUT2D eigenvalue weighted by molar-refractivity contribution is 6.21. The van der Waals surface area contributed by atoms with Crippen molar-refractivity contribution in [3.05, 3.63) is 71.3 Å². The van der Waals surface area contributed by atoms with Crippen molar-refractivity contribution in [2.45, 2.75) is 13.0 Å². The summed E-state index contributed by atoms with van der Waals surface area (Å²) in [6.45, 7) is -0.00308. The first-order valence-electron chi connectivity index (χ1n) is 8.83. The summed E-state index contributed by atoms with van der Waals surface area (Å²) in [7, 11) is 0. The van der Waals surface area contributed by atoms with Crippen LogP contribution in [0.2, 0.25) is 0 Å². The number of rotatable bonds is 6. The van der Waals surface area contributed by atoms with Crippen molar-refractivity contribution in [2.75, 3.05) is 6.54 Å². The van der Waals surface area contributed by atoms with Crippen molar-refractivity contribution in [3.8, 4) is 11.5 Å². The molecule has 8 nitrogen and oxygen atoms in total. The topological polar surface area (TPSA) is 105 Å². The molecule has 3 aromatic rings. The van der Waals surface area contributed by atoms with E-state index in [0.717, 1.165) is 4.90 Å². The van der Waals surface area contributed by atoms with E-state index in [4.69, 9.17) is 4.52 Å². The maximum absolute atomic E-state index is 13.0. The number of halogens is 1. The second-order valence-electron chi connectivity index (χ2n) is 6.36. The molecule has 1 N–H and O–H groups in total. The number of hydrogen-bond acceptors (Lipinski definition) is 6. The number of benzene rings is 2. The quantitative estimate of drug-likeness (QED) is 0.643. The van der Waals surface area contributed by atoms with Gasteiger partial charge in [-0.1, -0.05) is 17.3 Å². The molecule has 1 aliphatic heterocycles. The van der Waals surface area contributed by atoms with Gasteiger partial charge in [-0.25, -0.2) is 4.39 Å². The molecule has 1 aliphatic rings. The molecule has 1 aromatic heterocycles. The highest BCUT2D eigenvalue weighted by Crippen LogP contribution is 2.22. The van der Waals surface area contributed by atoms with Crippen LogP contribution in [0.4, 0.5) is 4.39 Å². The summed E-state index contributed by atoms with van der Waals surface area (Å²) in [5, 5.41) is 6.38. The maximum Gasteiger partial charge on any atom is 0.261 e. The molecular weight excluding hydrogens is 379 g/mol. The first-order valence-corrected chi connectivity index (χ1v) is 8.83. The normalized spacial score (nSPS) is 12.9. The van der Waals surface area contributed by atoms with Gasteiger partial charge in [-0.05, 0) is 36.4 Å². The molecule has 0 saturated heterocycles. The van der Waals surface area contributed by atoms with Crippen LogP contribution >= 0.6 is 0 Å². The Hall–Kier alpha value is -3.88. The number of nitrogens with zero attached hydrogens (tertiary/aromatic N) is 3. The van der Waals surface area contributed by atoms with Crippen LogP contribution in [0.5, 0.6) is 0 Å². The van der Waals surface area contributed by atoms with Crippen molar-refractivity contribution in [2.24, 2.45) is 0 Å². The predicted octanol–water partition coefficient (Wildman–Crippen LogP) is 2.18. The molecule has 0 fully saturated rings. The Kier molecular flexibility index (Phi) is 4.86. The van der Waals surface area contributed by atoms with Crippen molar-refractivity contribution in [1.29, 1.82) is 0 Å². The Morgan fingerprint density at radius 2 is 1.69 bits per heavy atom.